The van der Waals surface area contributed by atoms with Gasteiger partial charge in [-0.05, 0) is 36.8 Å². The number of rotatable bonds is 6. The second kappa shape index (κ2) is 7.71. The van der Waals surface area contributed by atoms with Gasteiger partial charge in [0.2, 0.25) is 5.91 Å². The first-order valence-electron chi connectivity index (χ1n) is 7.03. The van der Waals surface area contributed by atoms with Gasteiger partial charge in [0.05, 0.1) is 12.8 Å². The van der Waals surface area contributed by atoms with Crippen LogP contribution in [0.25, 0.3) is 0 Å². The quantitative estimate of drug-likeness (QED) is 0.843. The summed E-state index contributed by atoms with van der Waals surface area (Å²) in [7, 11) is 1.62. The Kier molecular flexibility index (Phi) is 5.67. The molecule has 116 valence electrons. The van der Waals surface area contributed by atoms with Gasteiger partial charge in [0.15, 0.2) is 0 Å². The first-order valence-corrected chi connectivity index (χ1v) is 7.41. The first-order chi connectivity index (χ1) is 10.6. The summed E-state index contributed by atoms with van der Waals surface area (Å²) in [5.41, 5.74) is 2.49. The van der Waals surface area contributed by atoms with E-state index in [1.165, 1.54) is 0 Å². The molecular formula is C17H19ClN2O2. The Morgan fingerprint density at radius 2 is 1.86 bits per heavy atom. The van der Waals surface area contributed by atoms with Gasteiger partial charge in [0.1, 0.15) is 5.75 Å². The molecular weight excluding hydrogens is 300 g/mol. The molecule has 0 atom stereocenters. The number of methoxy groups -OCH3 is 1. The van der Waals surface area contributed by atoms with E-state index in [1.807, 2.05) is 43.3 Å². The molecule has 0 saturated carbocycles. The van der Waals surface area contributed by atoms with Crippen LogP contribution in [0.4, 0.5) is 11.4 Å². The first kappa shape index (κ1) is 16.2. The minimum absolute atomic E-state index is 0.0623. The number of benzene rings is 2. The molecule has 0 bridgehead atoms. The van der Waals surface area contributed by atoms with Crippen molar-refractivity contribution in [2.75, 3.05) is 24.3 Å². The molecule has 0 fully saturated rings. The maximum atomic E-state index is 12.0. The number of para-hydroxylation sites is 2. The summed E-state index contributed by atoms with van der Waals surface area (Å²) in [6.45, 7) is 2.40. The lowest BCUT2D eigenvalue weighted by atomic mass is 10.2. The third-order valence-corrected chi connectivity index (χ3v) is 3.73. The van der Waals surface area contributed by atoms with E-state index >= 15 is 0 Å². The van der Waals surface area contributed by atoms with Crippen LogP contribution < -0.4 is 15.4 Å². The molecule has 0 spiro atoms. The van der Waals surface area contributed by atoms with Crippen LogP contribution in [-0.4, -0.2) is 19.6 Å². The molecule has 4 nitrogen and oxygen atoms in total. The summed E-state index contributed by atoms with van der Waals surface area (Å²) >= 11 is 6.04. The highest BCUT2D eigenvalue weighted by Gasteiger charge is 2.07. The molecule has 1 amide bonds. The van der Waals surface area contributed by atoms with Crippen molar-refractivity contribution in [1.29, 1.82) is 0 Å². The number of anilines is 2. The second-order valence-corrected chi connectivity index (χ2v) is 5.24. The van der Waals surface area contributed by atoms with Crippen molar-refractivity contribution in [2.45, 2.75) is 13.3 Å². The van der Waals surface area contributed by atoms with E-state index in [0.29, 0.717) is 18.0 Å². The van der Waals surface area contributed by atoms with Gasteiger partial charge in [0.25, 0.3) is 0 Å². The van der Waals surface area contributed by atoms with Gasteiger partial charge in [0, 0.05) is 23.7 Å². The Bertz CT molecular complexity index is 659. The largest absolute Gasteiger partial charge is 0.495 e. The molecule has 2 aromatic rings. The van der Waals surface area contributed by atoms with Crippen molar-refractivity contribution in [3.8, 4) is 5.75 Å². The predicted molar refractivity (Wildman–Crippen MR) is 90.9 cm³/mol. The van der Waals surface area contributed by atoms with Crippen LogP contribution in [0, 0.1) is 6.92 Å². The average molecular weight is 319 g/mol. The zero-order valence-electron chi connectivity index (χ0n) is 12.7. The summed E-state index contributed by atoms with van der Waals surface area (Å²) in [6.07, 6.45) is 0.351. The van der Waals surface area contributed by atoms with Crippen molar-refractivity contribution < 1.29 is 9.53 Å². The fourth-order valence-electron chi connectivity index (χ4n) is 2.06. The summed E-state index contributed by atoms with van der Waals surface area (Å²) < 4.78 is 5.25. The van der Waals surface area contributed by atoms with Gasteiger partial charge < -0.3 is 15.4 Å². The van der Waals surface area contributed by atoms with E-state index in [-0.39, 0.29) is 5.91 Å². The normalized spacial score (nSPS) is 10.1. The molecule has 2 rings (SSSR count). The van der Waals surface area contributed by atoms with E-state index in [9.17, 15) is 4.79 Å². The average Bonchev–Trinajstić information content (AvgIpc) is 2.52. The molecule has 22 heavy (non-hydrogen) atoms. The number of ether oxygens (including phenoxy) is 1. The van der Waals surface area contributed by atoms with Gasteiger partial charge in [-0.25, -0.2) is 0 Å². The molecule has 0 radical (unpaired) electrons. The molecule has 2 aromatic carbocycles. The lowest BCUT2D eigenvalue weighted by Crippen LogP contribution is -2.17. The van der Waals surface area contributed by atoms with Gasteiger partial charge in [-0.1, -0.05) is 29.8 Å². The summed E-state index contributed by atoms with van der Waals surface area (Å²) in [6, 6.07) is 13.1. The van der Waals surface area contributed by atoms with Crippen molar-refractivity contribution in [1.82, 2.24) is 0 Å². The Hall–Kier alpha value is -2.20. The molecule has 0 aliphatic carbocycles. The van der Waals surface area contributed by atoms with Crippen LogP contribution in [0.1, 0.15) is 12.0 Å². The fourth-order valence-corrected chi connectivity index (χ4v) is 2.23. The lowest BCUT2D eigenvalue weighted by Gasteiger charge is -2.12. The van der Waals surface area contributed by atoms with Crippen molar-refractivity contribution in [3.05, 3.63) is 53.1 Å². The SMILES string of the molecule is COc1ccccc1NCCC(=O)Nc1cccc(Cl)c1C. The Morgan fingerprint density at radius 1 is 1.14 bits per heavy atom. The van der Waals surface area contributed by atoms with E-state index in [1.54, 1.807) is 13.2 Å². The smallest absolute Gasteiger partial charge is 0.226 e. The Labute approximate surface area is 135 Å². The minimum Gasteiger partial charge on any atom is -0.495 e. The second-order valence-electron chi connectivity index (χ2n) is 4.84. The van der Waals surface area contributed by atoms with E-state index in [2.05, 4.69) is 10.6 Å². The lowest BCUT2D eigenvalue weighted by molar-refractivity contribution is -0.115. The molecule has 0 saturated heterocycles. The van der Waals surface area contributed by atoms with Crippen LogP contribution in [0.3, 0.4) is 0 Å². The highest BCUT2D eigenvalue weighted by Crippen LogP contribution is 2.24. The monoisotopic (exact) mass is 318 g/mol. The number of hydrogen-bond donors (Lipinski definition) is 2. The summed E-state index contributed by atoms with van der Waals surface area (Å²) in [5.74, 6) is 0.696. The molecule has 0 heterocycles. The van der Waals surface area contributed by atoms with Crippen LogP contribution in [0.5, 0.6) is 5.75 Å². The number of hydrogen-bond acceptors (Lipinski definition) is 3. The predicted octanol–water partition coefficient (Wildman–Crippen LogP) is 4.10. The third kappa shape index (κ3) is 4.15. The maximum absolute atomic E-state index is 12.0. The van der Waals surface area contributed by atoms with Crippen LogP contribution in [0.2, 0.25) is 5.02 Å². The van der Waals surface area contributed by atoms with Gasteiger partial charge in [-0.3, -0.25) is 4.79 Å². The molecule has 0 aromatic heterocycles. The van der Waals surface area contributed by atoms with Gasteiger partial charge >= 0.3 is 0 Å². The van der Waals surface area contributed by atoms with Gasteiger partial charge in [-0.15, -0.1) is 0 Å². The Morgan fingerprint density at radius 3 is 2.64 bits per heavy atom. The number of amides is 1. The third-order valence-electron chi connectivity index (χ3n) is 3.32. The zero-order valence-corrected chi connectivity index (χ0v) is 13.4. The van der Waals surface area contributed by atoms with Crippen LogP contribution >= 0.6 is 11.6 Å². The maximum Gasteiger partial charge on any atom is 0.226 e. The molecule has 2 N–H and O–H groups in total. The fraction of sp³-hybridized carbons (Fsp3) is 0.235. The van der Waals surface area contributed by atoms with Crippen LogP contribution in [0.15, 0.2) is 42.5 Å². The highest BCUT2D eigenvalue weighted by atomic mass is 35.5. The molecule has 0 unspecified atom stereocenters. The number of carbonyl (C=O) groups is 1. The molecule has 5 heteroatoms. The minimum atomic E-state index is -0.0623. The van der Waals surface area contributed by atoms with Crippen molar-refractivity contribution >= 4 is 28.9 Å². The number of halogens is 1. The van der Waals surface area contributed by atoms with Crippen molar-refractivity contribution in [2.24, 2.45) is 0 Å². The Balaban J connectivity index is 1.87. The van der Waals surface area contributed by atoms with Crippen molar-refractivity contribution in [3.63, 3.8) is 0 Å². The number of carbonyl (C=O) groups excluding carboxylic acids is 1. The van der Waals surface area contributed by atoms with E-state index in [4.69, 9.17) is 16.3 Å². The molecule has 0 aliphatic heterocycles. The molecule has 0 aliphatic rings. The van der Waals surface area contributed by atoms with Crippen LogP contribution in [-0.2, 0) is 4.79 Å². The van der Waals surface area contributed by atoms with E-state index < -0.39 is 0 Å². The highest BCUT2D eigenvalue weighted by molar-refractivity contribution is 6.31. The number of nitrogens with one attached hydrogen (secondary N) is 2. The zero-order chi connectivity index (χ0) is 15.9. The topological polar surface area (TPSA) is 50.4 Å². The van der Waals surface area contributed by atoms with E-state index in [0.717, 1.165) is 22.7 Å². The van der Waals surface area contributed by atoms with Gasteiger partial charge in [-0.2, -0.15) is 0 Å². The summed E-state index contributed by atoms with van der Waals surface area (Å²) in [5, 5.41) is 6.71. The standard InChI is InChI=1S/C17H19ClN2O2/c1-12-13(18)6-5-8-14(12)20-17(21)10-11-19-15-7-3-4-9-16(15)22-2/h3-9,19H,10-11H2,1-2H3,(H,20,21). The summed E-state index contributed by atoms with van der Waals surface area (Å²) in [4.78, 5) is 12.0.